The van der Waals surface area contributed by atoms with Crippen LogP contribution < -0.4 is 11.1 Å². The molecule has 2 heterocycles. The van der Waals surface area contributed by atoms with Crippen LogP contribution in [0.4, 0.5) is 11.8 Å². The van der Waals surface area contributed by atoms with E-state index < -0.39 is 0 Å². The quantitative estimate of drug-likeness (QED) is 0.882. The fourth-order valence-corrected chi connectivity index (χ4v) is 3.29. The summed E-state index contributed by atoms with van der Waals surface area (Å²) in [6, 6.07) is 2.29. The van der Waals surface area contributed by atoms with E-state index >= 15 is 0 Å². The SMILES string of the molecule is Cc1cc(N[C@H](C)CN2C[C@H](C)C[C@H](C)C2)nc(N)n1. The number of anilines is 2. The lowest BCUT2D eigenvalue weighted by molar-refractivity contribution is 0.138. The van der Waals surface area contributed by atoms with E-state index in [0.717, 1.165) is 29.9 Å². The lowest BCUT2D eigenvalue weighted by Crippen LogP contribution is -2.43. The summed E-state index contributed by atoms with van der Waals surface area (Å²) in [7, 11) is 0. The second kappa shape index (κ2) is 6.39. The van der Waals surface area contributed by atoms with Crippen molar-refractivity contribution >= 4 is 11.8 Å². The predicted molar refractivity (Wildman–Crippen MR) is 83.7 cm³/mol. The number of likely N-dealkylation sites (tertiary alicyclic amines) is 1. The average Bonchev–Trinajstić information content (AvgIpc) is 2.24. The third-order valence-electron chi connectivity index (χ3n) is 3.74. The van der Waals surface area contributed by atoms with Crippen molar-refractivity contribution in [1.29, 1.82) is 0 Å². The van der Waals surface area contributed by atoms with Crippen LogP contribution in [0.15, 0.2) is 6.07 Å². The largest absolute Gasteiger partial charge is 0.368 e. The Bertz CT molecular complexity index is 418. The number of aryl methyl sites for hydroxylation is 1. The summed E-state index contributed by atoms with van der Waals surface area (Å²) in [5, 5.41) is 3.43. The molecule has 112 valence electrons. The normalized spacial score (nSPS) is 25.4. The van der Waals surface area contributed by atoms with Gasteiger partial charge in [-0.1, -0.05) is 13.8 Å². The third-order valence-corrected chi connectivity index (χ3v) is 3.74. The smallest absolute Gasteiger partial charge is 0.222 e. The van der Waals surface area contributed by atoms with Crippen LogP contribution in [-0.2, 0) is 0 Å². The van der Waals surface area contributed by atoms with Gasteiger partial charge in [0.15, 0.2) is 0 Å². The molecule has 1 aliphatic heterocycles. The molecule has 1 aromatic heterocycles. The first-order chi connectivity index (χ1) is 9.42. The zero-order chi connectivity index (χ0) is 14.7. The van der Waals surface area contributed by atoms with Gasteiger partial charge in [0.1, 0.15) is 5.82 Å². The Morgan fingerprint density at radius 1 is 1.35 bits per heavy atom. The van der Waals surface area contributed by atoms with Gasteiger partial charge in [-0.25, -0.2) is 4.98 Å². The molecule has 1 saturated heterocycles. The van der Waals surface area contributed by atoms with Crippen molar-refractivity contribution in [2.24, 2.45) is 11.8 Å². The number of aromatic nitrogens is 2. The minimum Gasteiger partial charge on any atom is -0.368 e. The maximum Gasteiger partial charge on any atom is 0.222 e. The molecule has 0 aromatic carbocycles. The molecule has 5 heteroatoms. The van der Waals surface area contributed by atoms with E-state index in [0.29, 0.717) is 12.0 Å². The van der Waals surface area contributed by atoms with Crippen molar-refractivity contribution in [2.45, 2.75) is 40.2 Å². The third kappa shape index (κ3) is 4.34. The van der Waals surface area contributed by atoms with E-state index in [1.165, 1.54) is 19.5 Å². The molecule has 1 aliphatic rings. The molecule has 0 amide bonds. The Morgan fingerprint density at radius 3 is 2.60 bits per heavy atom. The van der Waals surface area contributed by atoms with Crippen LogP contribution in [0, 0.1) is 18.8 Å². The van der Waals surface area contributed by atoms with Crippen LogP contribution in [-0.4, -0.2) is 40.5 Å². The summed E-state index contributed by atoms with van der Waals surface area (Å²) in [4.78, 5) is 10.9. The number of nitrogens with two attached hydrogens (primary N) is 1. The van der Waals surface area contributed by atoms with Crippen LogP contribution in [0.5, 0.6) is 0 Å². The molecular formula is C15H27N5. The highest BCUT2D eigenvalue weighted by molar-refractivity contribution is 5.40. The maximum absolute atomic E-state index is 5.68. The predicted octanol–water partition coefficient (Wildman–Crippen LogP) is 2.15. The molecule has 1 aromatic rings. The van der Waals surface area contributed by atoms with Crippen molar-refractivity contribution in [2.75, 3.05) is 30.7 Å². The molecule has 2 rings (SSSR count). The molecule has 20 heavy (non-hydrogen) atoms. The van der Waals surface area contributed by atoms with E-state index in [2.05, 4.69) is 41.0 Å². The van der Waals surface area contributed by atoms with E-state index in [9.17, 15) is 0 Å². The van der Waals surface area contributed by atoms with Crippen LogP contribution >= 0.6 is 0 Å². The van der Waals surface area contributed by atoms with Crippen molar-refractivity contribution in [3.05, 3.63) is 11.8 Å². The summed E-state index contributed by atoms with van der Waals surface area (Å²) in [5.74, 6) is 2.74. The molecule has 5 nitrogen and oxygen atoms in total. The summed E-state index contributed by atoms with van der Waals surface area (Å²) in [5.41, 5.74) is 6.58. The van der Waals surface area contributed by atoms with E-state index in [4.69, 9.17) is 5.73 Å². The Hall–Kier alpha value is -1.36. The van der Waals surface area contributed by atoms with Gasteiger partial charge in [-0.05, 0) is 32.1 Å². The average molecular weight is 277 g/mol. The van der Waals surface area contributed by atoms with Gasteiger partial charge in [-0.2, -0.15) is 4.98 Å². The highest BCUT2D eigenvalue weighted by atomic mass is 15.2. The van der Waals surface area contributed by atoms with Gasteiger partial charge in [0.25, 0.3) is 0 Å². The zero-order valence-corrected chi connectivity index (χ0v) is 13.1. The monoisotopic (exact) mass is 277 g/mol. The van der Waals surface area contributed by atoms with Gasteiger partial charge < -0.3 is 16.0 Å². The van der Waals surface area contributed by atoms with Crippen molar-refractivity contribution in [3.8, 4) is 0 Å². The summed E-state index contributed by atoms with van der Waals surface area (Å²) >= 11 is 0. The first kappa shape index (κ1) is 15.0. The molecule has 3 atom stereocenters. The lowest BCUT2D eigenvalue weighted by atomic mass is 9.92. The van der Waals surface area contributed by atoms with Gasteiger partial charge >= 0.3 is 0 Å². The van der Waals surface area contributed by atoms with Crippen LogP contribution in [0.25, 0.3) is 0 Å². The van der Waals surface area contributed by atoms with Crippen molar-refractivity contribution in [1.82, 2.24) is 14.9 Å². The molecule has 0 unspecified atom stereocenters. The first-order valence-corrected chi connectivity index (χ1v) is 7.52. The van der Waals surface area contributed by atoms with E-state index in [1.54, 1.807) is 0 Å². The van der Waals surface area contributed by atoms with Crippen LogP contribution in [0.3, 0.4) is 0 Å². The van der Waals surface area contributed by atoms with Crippen molar-refractivity contribution < 1.29 is 0 Å². The standard InChI is InChI=1S/C15H27N5/c1-10-5-11(2)8-20(7-10)9-13(4)17-14-6-12(3)18-15(16)19-14/h6,10-11,13H,5,7-9H2,1-4H3,(H3,16,17,18,19)/t10-,11+,13-/m1/s1. The maximum atomic E-state index is 5.68. The van der Waals surface area contributed by atoms with Crippen LogP contribution in [0.2, 0.25) is 0 Å². The number of hydrogen-bond acceptors (Lipinski definition) is 5. The molecule has 1 fully saturated rings. The number of piperidine rings is 1. The Balaban J connectivity index is 1.90. The zero-order valence-electron chi connectivity index (χ0n) is 13.1. The highest BCUT2D eigenvalue weighted by Crippen LogP contribution is 2.21. The molecule has 0 saturated carbocycles. The van der Waals surface area contributed by atoms with Crippen molar-refractivity contribution in [3.63, 3.8) is 0 Å². The van der Waals surface area contributed by atoms with Gasteiger partial charge in [0.05, 0.1) is 0 Å². The first-order valence-electron chi connectivity index (χ1n) is 7.52. The molecular weight excluding hydrogens is 250 g/mol. The Kier molecular flexibility index (Phi) is 4.81. The van der Waals surface area contributed by atoms with Crippen LogP contribution in [0.1, 0.15) is 32.9 Å². The summed E-state index contributed by atoms with van der Waals surface area (Å²) in [6.45, 7) is 12.2. The minimum absolute atomic E-state index is 0.333. The van der Waals surface area contributed by atoms with E-state index in [-0.39, 0.29) is 0 Å². The number of rotatable bonds is 4. The molecule has 0 spiro atoms. The minimum atomic E-state index is 0.333. The number of nitrogens with one attached hydrogen (secondary N) is 1. The van der Waals surface area contributed by atoms with E-state index in [1.807, 2.05) is 13.0 Å². The fraction of sp³-hybridized carbons (Fsp3) is 0.733. The second-order valence-corrected chi connectivity index (χ2v) is 6.46. The summed E-state index contributed by atoms with van der Waals surface area (Å²) in [6.07, 6.45) is 1.35. The topological polar surface area (TPSA) is 67.1 Å². The lowest BCUT2D eigenvalue weighted by Gasteiger charge is -2.36. The van der Waals surface area contributed by atoms with Gasteiger partial charge in [-0.3, -0.25) is 0 Å². The molecule has 0 aliphatic carbocycles. The van der Waals surface area contributed by atoms with Gasteiger partial charge in [0.2, 0.25) is 5.95 Å². The summed E-state index contributed by atoms with van der Waals surface area (Å²) < 4.78 is 0. The molecule has 0 radical (unpaired) electrons. The fourth-order valence-electron chi connectivity index (χ4n) is 3.29. The Labute approximate surface area is 122 Å². The molecule has 0 bridgehead atoms. The molecule has 3 N–H and O–H groups in total. The van der Waals surface area contributed by atoms with Gasteiger partial charge in [0, 0.05) is 37.4 Å². The number of nitrogen functional groups attached to an aromatic ring is 1. The second-order valence-electron chi connectivity index (χ2n) is 6.46. The number of hydrogen-bond donors (Lipinski definition) is 2. The van der Waals surface area contributed by atoms with Gasteiger partial charge in [-0.15, -0.1) is 0 Å². The Morgan fingerprint density at radius 2 is 2.00 bits per heavy atom. The highest BCUT2D eigenvalue weighted by Gasteiger charge is 2.22. The number of nitrogens with zero attached hydrogens (tertiary/aromatic N) is 3.